The Hall–Kier alpha value is -2.47. The van der Waals surface area contributed by atoms with Crippen molar-refractivity contribution in [3.8, 4) is 5.75 Å². The van der Waals surface area contributed by atoms with Crippen LogP contribution in [-0.4, -0.2) is 36.6 Å². The van der Waals surface area contributed by atoms with Crippen LogP contribution in [0.1, 0.15) is 25.3 Å². The summed E-state index contributed by atoms with van der Waals surface area (Å²) in [5.74, 6) is 1.72. The Kier molecular flexibility index (Phi) is 8.20. The summed E-state index contributed by atoms with van der Waals surface area (Å²) in [6.07, 6.45) is 1.33. The van der Waals surface area contributed by atoms with Crippen LogP contribution < -0.4 is 10.1 Å². The van der Waals surface area contributed by atoms with Gasteiger partial charge < -0.3 is 15.0 Å². The van der Waals surface area contributed by atoms with Crippen molar-refractivity contribution in [3.63, 3.8) is 0 Å². The van der Waals surface area contributed by atoms with Gasteiger partial charge in [0, 0.05) is 43.1 Å². The van der Waals surface area contributed by atoms with E-state index in [4.69, 9.17) is 4.74 Å². The fraction of sp³-hybridized carbons (Fsp3) is 0.333. The summed E-state index contributed by atoms with van der Waals surface area (Å²) in [5.41, 5.74) is 1.80. The zero-order valence-electron chi connectivity index (χ0n) is 16.0. The number of anilines is 1. The van der Waals surface area contributed by atoms with E-state index in [0.717, 1.165) is 34.1 Å². The van der Waals surface area contributed by atoms with Gasteiger partial charge >= 0.3 is 0 Å². The lowest BCUT2D eigenvalue weighted by Gasteiger charge is -2.18. The summed E-state index contributed by atoms with van der Waals surface area (Å²) in [4.78, 5) is 26.2. The maximum Gasteiger partial charge on any atom is 0.222 e. The quantitative estimate of drug-likeness (QED) is 0.519. The molecule has 2 aromatic carbocycles. The third-order valence-electron chi connectivity index (χ3n) is 4.00. The molecule has 0 radical (unpaired) electrons. The number of hydrogen-bond acceptors (Lipinski definition) is 4. The first-order chi connectivity index (χ1) is 13.0. The van der Waals surface area contributed by atoms with Gasteiger partial charge in [-0.2, -0.15) is 0 Å². The number of amides is 2. The molecule has 0 aliphatic heterocycles. The zero-order valence-corrected chi connectivity index (χ0v) is 16.8. The Bertz CT molecular complexity index is 762. The molecule has 0 unspecified atom stereocenters. The molecular formula is C21H26N2O3S. The molecule has 0 bridgehead atoms. The summed E-state index contributed by atoms with van der Waals surface area (Å²) < 4.78 is 5.34. The Balaban J connectivity index is 1.73. The van der Waals surface area contributed by atoms with E-state index < -0.39 is 0 Å². The van der Waals surface area contributed by atoms with Crippen molar-refractivity contribution in [1.29, 1.82) is 0 Å². The highest BCUT2D eigenvalue weighted by molar-refractivity contribution is 7.99. The lowest BCUT2D eigenvalue weighted by molar-refractivity contribution is -0.130. The predicted molar refractivity (Wildman–Crippen MR) is 110 cm³/mol. The second-order valence-corrected chi connectivity index (χ2v) is 7.39. The molecule has 5 nitrogen and oxygen atoms in total. The predicted octanol–water partition coefficient (Wildman–Crippen LogP) is 4.18. The largest absolute Gasteiger partial charge is 0.496 e. The van der Waals surface area contributed by atoms with E-state index in [9.17, 15) is 9.59 Å². The number of methoxy groups -OCH3 is 1. The van der Waals surface area contributed by atoms with Crippen LogP contribution in [0.2, 0.25) is 0 Å². The highest BCUT2D eigenvalue weighted by Crippen LogP contribution is 2.22. The summed E-state index contributed by atoms with van der Waals surface area (Å²) >= 11 is 1.71. The van der Waals surface area contributed by atoms with Gasteiger partial charge in [0.25, 0.3) is 0 Å². The molecule has 0 fully saturated rings. The second-order valence-electron chi connectivity index (χ2n) is 6.22. The standard InChI is InChI=1S/C21H26N2O3S/c1-16(24)22-18-10-12-19(13-11-18)27-14-6-9-21(25)23(2)15-17-7-4-5-8-20(17)26-3/h4-5,7-8,10-13H,6,9,14-15H2,1-3H3,(H,22,24). The summed E-state index contributed by atoms with van der Waals surface area (Å²) in [6.45, 7) is 2.03. The minimum Gasteiger partial charge on any atom is -0.496 e. The Labute approximate surface area is 165 Å². The van der Waals surface area contributed by atoms with Crippen LogP contribution in [0.15, 0.2) is 53.4 Å². The number of carbonyl (C=O) groups is 2. The molecule has 27 heavy (non-hydrogen) atoms. The third kappa shape index (κ3) is 6.98. The number of thioether (sulfide) groups is 1. The molecule has 0 spiro atoms. The third-order valence-corrected chi connectivity index (χ3v) is 5.10. The SMILES string of the molecule is COc1ccccc1CN(C)C(=O)CCCSc1ccc(NC(C)=O)cc1. The number of nitrogens with zero attached hydrogens (tertiary/aromatic N) is 1. The molecule has 0 aromatic heterocycles. The highest BCUT2D eigenvalue weighted by Gasteiger charge is 2.11. The fourth-order valence-electron chi connectivity index (χ4n) is 2.62. The Morgan fingerprint density at radius 3 is 2.48 bits per heavy atom. The Morgan fingerprint density at radius 1 is 1.11 bits per heavy atom. The monoisotopic (exact) mass is 386 g/mol. The molecule has 0 heterocycles. The fourth-order valence-corrected chi connectivity index (χ4v) is 3.47. The van der Waals surface area contributed by atoms with E-state index in [1.165, 1.54) is 6.92 Å². The van der Waals surface area contributed by atoms with E-state index in [1.807, 2.05) is 55.6 Å². The van der Waals surface area contributed by atoms with Crippen molar-refractivity contribution >= 4 is 29.3 Å². The molecule has 2 aromatic rings. The molecule has 0 saturated carbocycles. The van der Waals surface area contributed by atoms with Crippen molar-refractivity contribution in [3.05, 3.63) is 54.1 Å². The van der Waals surface area contributed by atoms with Crippen LogP contribution in [0, 0.1) is 0 Å². The van der Waals surface area contributed by atoms with Crippen molar-refractivity contribution in [1.82, 2.24) is 4.90 Å². The van der Waals surface area contributed by atoms with Crippen molar-refractivity contribution in [2.24, 2.45) is 0 Å². The van der Waals surface area contributed by atoms with Gasteiger partial charge in [-0.25, -0.2) is 0 Å². The van der Waals surface area contributed by atoms with Crippen molar-refractivity contribution in [2.45, 2.75) is 31.2 Å². The lowest BCUT2D eigenvalue weighted by atomic mass is 10.2. The van der Waals surface area contributed by atoms with Gasteiger partial charge in [0.1, 0.15) is 5.75 Å². The first-order valence-corrected chi connectivity index (χ1v) is 9.84. The number of para-hydroxylation sites is 1. The lowest BCUT2D eigenvalue weighted by Crippen LogP contribution is -2.26. The number of benzene rings is 2. The molecule has 6 heteroatoms. The molecule has 0 atom stereocenters. The van der Waals surface area contributed by atoms with Crippen molar-refractivity contribution < 1.29 is 14.3 Å². The molecule has 0 aliphatic carbocycles. The molecule has 2 rings (SSSR count). The normalized spacial score (nSPS) is 10.3. The van der Waals surface area contributed by atoms with Crippen LogP contribution in [-0.2, 0) is 16.1 Å². The van der Waals surface area contributed by atoms with E-state index in [0.29, 0.717) is 13.0 Å². The molecule has 0 aliphatic rings. The first-order valence-electron chi connectivity index (χ1n) is 8.86. The van der Waals surface area contributed by atoms with Crippen molar-refractivity contribution in [2.75, 3.05) is 25.2 Å². The smallest absolute Gasteiger partial charge is 0.222 e. The van der Waals surface area contributed by atoms with Gasteiger partial charge in [0.2, 0.25) is 11.8 Å². The summed E-state index contributed by atoms with van der Waals surface area (Å²) in [7, 11) is 3.46. The number of nitrogens with one attached hydrogen (secondary N) is 1. The molecule has 1 N–H and O–H groups in total. The van der Waals surface area contributed by atoms with E-state index >= 15 is 0 Å². The number of hydrogen-bond donors (Lipinski definition) is 1. The maximum absolute atomic E-state index is 12.3. The van der Waals surface area contributed by atoms with Crippen LogP contribution in [0.5, 0.6) is 5.75 Å². The minimum atomic E-state index is -0.0776. The zero-order chi connectivity index (χ0) is 19.6. The van der Waals surface area contributed by atoms with Gasteiger partial charge in [-0.05, 0) is 42.5 Å². The van der Waals surface area contributed by atoms with Gasteiger partial charge in [-0.3, -0.25) is 9.59 Å². The average Bonchev–Trinajstić information content (AvgIpc) is 2.66. The van der Waals surface area contributed by atoms with Crippen LogP contribution in [0.4, 0.5) is 5.69 Å². The molecule has 144 valence electrons. The summed E-state index contributed by atoms with van der Waals surface area (Å²) in [5, 5.41) is 2.75. The topological polar surface area (TPSA) is 58.6 Å². The molecule has 2 amide bonds. The van der Waals surface area contributed by atoms with Crippen LogP contribution in [0.3, 0.4) is 0 Å². The number of rotatable bonds is 9. The van der Waals surface area contributed by atoms with E-state index in [2.05, 4.69) is 5.32 Å². The van der Waals surface area contributed by atoms with Crippen LogP contribution in [0.25, 0.3) is 0 Å². The second kappa shape index (κ2) is 10.6. The minimum absolute atomic E-state index is 0.0776. The number of carbonyl (C=O) groups excluding carboxylic acids is 2. The van der Waals surface area contributed by atoms with Gasteiger partial charge in [-0.1, -0.05) is 18.2 Å². The average molecular weight is 387 g/mol. The summed E-state index contributed by atoms with van der Waals surface area (Å²) in [6, 6.07) is 15.5. The highest BCUT2D eigenvalue weighted by atomic mass is 32.2. The van der Waals surface area contributed by atoms with E-state index in [-0.39, 0.29) is 11.8 Å². The van der Waals surface area contributed by atoms with Crippen LogP contribution >= 0.6 is 11.8 Å². The molecule has 0 saturated heterocycles. The number of ether oxygens (including phenoxy) is 1. The Morgan fingerprint density at radius 2 is 1.81 bits per heavy atom. The van der Waals surface area contributed by atoms with Gasteiger partial charge in [0.15, 0.2) is 0 Å². The van der Waals surface area contributed by atoms with E-state index in [1.54, 1.807) is 23.8 Å². The first kappa shape index (κ1) is 20.8. The van der Waals surface area contributed by atoms with Gasteiger partial charge in [-0.15, -0.1) is 11.8 Å². The van der Waals surface area contributed by atoms with Gasteiger partial charge in [0.05, 0.1) is 7.11 Å². The molecular weight excluding hydrogens is 360 g/mol. The maximum atomic E-state index is 12.3.